The van der Waals surface area contributed by atoms with Gasteiger partial charge in [-0.25, -0.2) is 9.97 Å². The number of nitrogens with two attached hydrogens (primary N) is 1. The lowest BCUT2D eigenvalue weighted by atomic mass is 9.74. The number of nitrogens with zero attached hydrogens (tertiary/aromatic N) is 3. The highest BCUT2D eigenvalue weighted by Gasteiger charge is 2.45. The summed E-state index contributed by atoms with van der Waals surface area (Å²) in [6.07, 6.45) is 6.40. The maximum atomic E-state index is 11.5. The summed E-state index contributed by atoms with van der Waals surface area (Å²) >= 11 is 0. The molecule has 1 unspecified atom stereocenters. The Kier molecular flexibility index (Phi) is 6.60. The van der Waals surface area contributed by atoms with Crippen LogP contribution in [-0.4, -0.2) is 35.5 Å². The molecule has 1 aromatic heterocycles. The predicted octanol–water partition coefficient (Wildman–Crippen LogP) is 3.17. The van der Waals surface area contributed by atoms with Crippen LogP contribution in [0.15, 0.2) is 24.5 Å². The number of nitrogens with one attached hydrogen (secondary N) is 1. The highest BCUT2D eigenvalue weighted by atomic mass is 35.5. The number of anilines is 2. The van der Waals surface area contributed by atoms with Gasteiger partial charge in [0.2, 0.25) is 5.91 Å². The average molecular weight is 450 g/mol. The van der Waals surface area contributed by atoms with Crippen molar-refractivity contribution in [2.24, 2.45) is 5.73 Å². The van der Waals surface area contributed by atoms with Gasteiger partial charge in [-0.1, -0.05) is 19.1 Å². The Bertz CT molecular complexity index is 945. The number of rotatable bonds is 3. The third-order valence-electron chi connectivity index (χ3n) is 6.83. The number of carbonyl (C=O) groups excluding carboxylic acids is 1. The standard InChI is InChI=1S/C22H27N5O.2ClH/c1-14-2-4-17-20(14)21(26-13-25-17)27-12-22(6-8-24-9-7-22)16-10-15(11-19(23)28)3-5-18(16)27;;/h3,5,10,13-14,24H,2,4,6-9,11-12H2,1H3,(H2,23,28);2*1H. The molecule has 1 atom stereocenters. The molecule has 6 nitrogen and oxygen atoms in total. The van der Waals surface area contributed by atoms with Gasteiger partial charge >= 0.3 is 0 Å². The Morgan fingerprint density at radius 3 is 2.77 bits per heavy atom. The van der Waals surface area contributed by atoms with E-state index in [0.29, 0.717) is 12.3 Å². The lowest BCUT2D eigenvalue weighted by Gasteiger charge is -2.35. The minimum Gasteiger partial charge on any atom is -0.369 e. The van der Waals surface area contributed by atoms with Crippen LogP contribution in [-0.2, 0) is 23.1 Å². The zero-order chi connectivity index (χ0) is 19.3. The van der Waals surface area contributed by atoms with Crippen LogP contribution < -0.4 is 16.0 Å². The molecular formula is C22H29Cl2N5O. The maximum Gasteiger partial charge on any atom is 0.221 e. The Morgan fingerprint density at radius 1 is 1.27 bits per heavy atom. The van der Waals surface area contributed by atoms with E-state index in [2.05, 4.69) is 34.3 Å². The molecule has 1 amide bonds. The SMILES string of the molecule is CC1CCc2ncnc(N3CC4(CCNCC4)c4cc(CC(N)=O)ccc43)c21.Cl.Cl. The first kappa shape index (κ1) is 22.8. The second kappa shape index (κ2) is 8.69. The third-order valence-corrected chi connectivity index (χ3v) is 6.83. The van der Waals surface area contributed by atoms with Crippen LogP contribution in [0.5, 0.6) is 0 Å². The van der Waals surface area contributed by atoms with Gasteiger partial charge in [0.25, 0.3) is 0 Å². The summed E-state index contributed by atoms with van der Waals surface area (Å²) in [7, 11) is 0. The number of hydrogen-bond acceptors (Lipinski definition) is 5. The monoisotopic (exact) mass is 449 g/mol. The van der Waals surface area contributed by atoms with Gasteiger partial charge in [0.15, 0.2) is 0 Å². The number of aryl methyl sites for hydroxylation is 1. The van der Waals surface area contributed by atoms with Crippen LogP contribution in [0, 0.1) is 0 Å². The van der Waals surface area contributed by atoms with Gasteiger partial charge in [-0.05, 0) is 61.9 Å². The topological polar surface area (TPSA) is 84.1 Å². The molecule has 3 heterocycles. The molecule has 30 heavy (non-hydrogen) atoms. The molecule has 1 saturated heterocycles. The molecule has 8 heteroatoms. The molecule has 3 N–H and O–H groups in total. The van der Waals surface area contributed by atoms with Crippen molar-refractivity contribution in [3.63, 3.8) is 0 Å². The minimum absolute atomic E-state index is 0. The number of primary amides is 1. The lowest BCUT2D eigenvalue weighted by molar-refractivity contribution is -0.117. The van der Waals surface area contributed by atoms with E-state index in [0.717, 1.165) is 56.7 Å². The van der Waals surface area contributed by atoms with Crippen molar-refractivity contribution in [3.05, 3.63) is 46.9 Å². The largest absolute Gasteiger partial charge is 0.369 e. The van der Waals surface area contributed by atoms with Crippen molar-refractivity contribution in [1.82, 2.24) is 15.3 Å². The summed E-state index contributed by atoms with van der Waals surface area (Å²) in [5.74, 6) is 1.29. The van der Waals surface area contributed by atoms with Crippen LogP contribution in [0.1, 0.15) is 54.5 Å². The summed E-state index contributed by atoms with van der Waals surface area (Å²) in [5.41, 5.74) is 11.7. The molecule has 2 aliphatic heterocycles. The Morgan fingerprint density at radius 2 is 2.03 bits per heavy atom. The summed E-state index contributed by atoms with van der Waals surface area (Å²) < 4.78 is 0. The fourth-order valence-electron chi connectivity index (χ4n) is 5.39. The number of halogens is 2. The molecular weight excluding hydrogens is 421 g/mol. The van der Waals surface area contributed by atoms with Gasteiger partial charge in [0.05, 0.1) is 6.42 Å². The molecule has 3 aliphatic rings. The average Bonchev–Trinajstić information content (AvgIpc) is 3.21. The zero-order valence-electron chi connectivity index (χ0n) is 17.2. The van der Waals surface area contributed by atoms with E-state index in [1.165, 1.54) is 22.5 Å². The Labute approximate surface area is 189 Å². The van der Waals surface area contributed by atoms with E-state index in [9.17, 15) is 4.79 Å². The Balaban J connectivity index is 0.00000128. The number of amides is 1. The van der Waals surface area contributed by atoms with Gasteiger partial charge in [-0.2, -0.15) is 0 Å². The zero-order valence-corrected chi connectivity index (χ0v) is 18.8. The van der Waals surface area contributed by atoms with E-state index >= 15 is 0 Å². The highest BCUT2D eigenvalue weighted by molar-refractivity contribution is 5.85. The van der Waals surface area contributed by atoms with E-state index in [1.807, 2.05) is 6.07 Å². The molecule has 0 radical (unpaired) electrons. The number of aromatic nitrogens is 2. The Hall–Kier alpha value is -1.89. The normalized spacial score (nSPS) is 20.8. The third kappa shape index (κ3) is 3.66. The molecule has 5 rings (SSSR count). The second-order valence-corrected chi connectivity index (χ2v) is 8.61. The van der Waals surface area contributed by atoms with Gasteiger partial charge in [0, 0.05) is 28.9 Å². The van der Waals surface area contributed by atoms with Gasteiger partial charge < -0.3 is 16.0 Å². The van der Waals surface area contributed by atoms with Gasteiger partial charge in [-0.15, -0.1) is 24.8 Å². The van der Waals surface area contributed by atoms with Crippen LogP contribution in [0.3, 0.4) is 0 Å². The van der Waals surface area contributed by atoms with Crippen LogP contribution in [0.25, 0.3) is 0 Å². The molecule has 2 aromatic rings. The molecule has 0 saturated carbocycles. The number of piperidine rings is 1. The van der Waals surface area contributed by atoms with Crippen LogP contribution >= 0.6 is 24.8 Å². The van der Waals surface area contributed by atoms with E-state index in [-0.39, 0.29) is 36.1 Å². The van der Waals surface area contributed by atoms with Crippen molar-refractivity contribution in [1.29, 1.82) is 0 Å². The number of benzene rings is 1. The molecule has 1 spiro atoms. The maximum absolute atomic E-state index is 11.5. The summed E-state index contributed by atoms with van der Waals surface area (Å²) in [6, 6.07) is 6.43. The molecule has 162 valence electrons. The van der Waals surface area contributed by atoms with Crippen molar-refractivity contribution in [3.8, 4) is 0 Å². The van der Waals surface area contributed by atoms with Crippen LogP contribution in [0.4, 0.5) is 11.5 Å². The van der Waals surface area contributed by atoms with E-state index < -0.39 is 0 Å². The first-order chi connectivity index (χ1) is 13.6. The number of fused-ring (bicyclic) bond motifs is 3. The molecule has 0 bridgehead atoms. The molecule has 1 fully saturated rings. The van der Waals surface area contributed by atoms with Crippen molar-refractivity contribution < 1.29 is 4.79 Å². The van der Waals surface area contributed by atoms with Crippen molar-refractivity contribution in [2.45, 2.75) is 50.4 Å². The minimum atomic E-state index is -0.281. The molecule has 1 aromatic carbocycles. The smallest absolute Gasteiger partial charge is 0.221 e. The summed E-state index contributed by atoms with van der Waals surface area (Å²) in [4.78, 5) is 23.2. The van der Waals surface area contributed by atoms with Crippen molar-refractivity contribution >= 4 is 42.2 Å². The van der Waals surface area contributed by atoms with Crippen LogP contribution in [0.2, 0.25) is 0 Å². The van der Waals surface area contributed by atoms with E-state index in [4.69, 9.17) is 10.7 Å². The second-order valence-electron chi connectivity index (χ2n) is 8.61. The van der Waals surface area contributed by atoms with Gasteiger partial charge in [-0.3, -0.25) is 4.79 Å². The van der Waals surface area contributed by atoms with Gasteiger partial charge in [0.1, 0.15) is 12.1 Å². The van der Waals surface area contributed by atoms with E-state index in [1.54, 1.807) is 6.33 Å². The summed E-state index contributed by atoms with van der Waals surface area (Å²) in [5, 5.41) is 3.50. The number of carbonyl (C=O) groups is 1. The quantitative estimate of drug-likeness (QED) is 0.751. The number of hydrogen-bond donors (Lipinski definition) is 2. The van der Waals surface area contributed by atoms with Crippen molar-refractivity contribution in [2.75, 3.05) is 24.5 Å². The fraction of sp³-hybridized carbons (Fsp3) is 0.500. The highest BCUT2D eigenvalue weighted by Crippen LogP contribution is 2.51. The first-order valence-corrected chi connectivity index (χ1v) is 10.3. The first-order valence-electron chi connectivity index (χ1n) is 10.3. The predicted molar refractivity (Wildman–Crippen MR) is 123 cm³/mol. The lowest BCUT2D eigenvalue weighted by Crippen LogP contribution is -2.42. The summed E-state index contributed by atoms with van der Waals surface area (Å²) in [6.45, 7) is 5.27. The molecule has 1 aliphatic carbocycles. The fourth-order valence-corrected chi connectivity index (χ4v) is 5.39.